The van der Waals surface area contributed by atoms with E-state index in [2.05, 4.69) is 19.7 Å². The highest BCUT2D eigenvalue weighted by molar-refractivity contribution is 6.30. The quantitative estimate of drug-likeness (QED) is 0.467. The highest BCUT2D eigenvalue weighted by Crippen LogP contribution is 1.95. The lowest BCUT2D eigenvalue weighted by molar-refractivity contribution is 0.342. The van der Waals surface area contributed by atoms with Gasteiger partial charge in [-0.1, -0.05) is 24.3 Å². The lowest BCUT2D eigenvalue weighted by Gasteiger charge is -1.77. The van der Waals surface area contributed by atoms with E-state index in [-0.39, 0.29) is 6.61 Å². The minimum Gasteiger partial charge on any atom is -0.392 e. The number of hydrogen-bond acceptors (Lipinski definition) is 1. The monoisotopic (exact) mass is 146 g/mol. The Morgan fingerprint density at radius 3 is 2.11 bits per heavy atom. The molecule has 0 atom stereocenters. The van der Waals surface area contributed by atoms with Gasteiger partial charge in [-0.3, -0.25) is 0 Å². The second kappa shape index (κ2) is 10.5. The standard InChI is InChI=1S/C5H7ClO.C2H4/c1-5(6)3-2-4-7;1-2/h2-3,7H,1,4H2;1-2H2/b3-2-;. The Bertz CT molecular complexity index is 97.1. The third kappa shape index (κ3) is 18.6. The molecule has 1 nitrogen and oxygen atoms in total. The van der Waals surface area contributed by atoms with Crippen LogP contribution in [0, 0.1) is 0 Å². The summed E-state index contributed by atoms with van der Waals surface area (Å²) in [5.74, 6) is 0. The van der Waals surface area contributed by atoms with Crippen molar-refractivity contribution in [3.8, 4) is 0 Å². The number of aliphatic hydroxyl groups is 1. The topological polar surface area (TPSA) is 20.2 Å². The van der Waals surface area contributed by atoms with E-state index < -0.39 is 0 Å². The largest absolute Gasteiger partial charge is 0.392 e. The molecule has 0 aliphatic rings. The van der Waals surface area contributed by atoms with Crippen LogP contribution < -0.4 is 0 Å². The number of aliphatic hydroxyl groups excluding tert-OH is 1. The summed E-state index contributed by atoms with van der Waals surface area (Å²) in [6.45, 7) is 9.38. The summed E-state index contributed by atoms with van der Waals surface area (Å²) in [6, 6.07) is 0. The van der Waals surface area contributed by atoms with E-state index >= 15 is 0 Å². The molecule has 0 aliphatic heterocycles. The maximum Gasteiger partial charge on any atom is 0.0615 e. The van der Waals surface area contributed by atoms with Crippen LogP contribution >= 0.6 is 11.6 Å². The number of allylic oxidation sites excluding steroid dienone is 2. The van der Waals surface area contributed by atoms with Crippen LogP contribution in [0.15, 0.2) is 36.9 Å². The zero-order chi connectivity index (χ0) is 7.70. The van der Waals surface area contributed by atoms with Crippen LogP contribution in [-0.2, 0) is 0 Å². The van der Waals surface area contributed by atoms with Crippen molar-refractivity contribution in [2.24, 2.45) is 0 Å². The third-order valence-electron chi connectivity index (χ3n) is 0.404. The molecule has 0 bridgehead atoms. The molecule has 0 saturated heterocycles. The van der Waals surface area contributed by atoms with Crippen LogP contribution in [0.4, 0.5) is 0 Å². The molecule has 0 amide bonds. The van der Waals surface area contributed by atoms with Crippen molar-refractivity contribution in [2.75, 3.05) is 6.61 Å². The van der Waals surface area contributed by atoms with Crippen LogP contribution in [0.5, 0.6) is 0 Å². The van der Waals surface area contributed by atoms with Gasteiger partial charge in [0.2, 0.25) is 0 Å². The highest BCUT2D eigenvalue weighted by Gasteiger charge is 1.71. The van der Waals surface area contributed by atoms with E-state index in [9.17, 15) is 0 Å². The van der Waals surface area contributed by atoms with E-state index in [0.29, 0.717) is 5.03 Å². The van der Waals surface area contributed by atoms with Crippen LogP contribution in [-0.4, -0.2) is 11.7 Å². The molecule has 0 aromatic rings. The molecule has 0 aromatic heterocycles. The van der Waals surface area contributed by atoms with E-state index in [4.69, 9.17) is 16.7 Å². The summed E-state index contributed by atoms with van der Waals surface area (Å²) in [5.41, 5.74) is 0. The Balaban J connectivity index is 0. The van der Waals surface area contributed by atoms with Gasteiger partial charge in [-0.2, -0.15) is 0 Å². The average molecular weight is 147 g/mol. The molecule has 0 fully saturated rings. The highest BCUT2D eigenvalue weighted by atomic mass is 35.5. The summed E-state index contributed by atoms with van der Waals surface area (Å²) >= 11 is 5.26. The van der Waals surface area contributed by atoms with E-state index in [1.54, 1.807) is 6.08 Å². The van der Waals surface area contributed by atoms with E-state index in [0.717, 1.165) is 0 Å². The van der Waals surface area contributed by atoms with Gasteiger partial charge in [0, 0.05) is 5.03 Å². The zero-order valence-corrected chi connectivity index (χ0v) is 6.06. The molecule has 52 valence electrons. The van der Waals surface area contributed by atoms with Crippen LogP contribution in [0.3, 0.4) is 0 Å². The Morgan fingerprint density at radius 2 is 2.00 bits per heavy atom. The van der Waals surface area contributed by atoms with E-state index in [1.807, 2.05) is 0 Å². The Morgan fingerprint density at radius 1 is 1.56 bits per heavy atom. The molecule has 0 saturated carbocycles. The lowest BCUT2D eigenvalue weighted by atomic mass is 10.5. The predicted octanol–water partition coefficient (Wildman–Crippen LogP) is 2.09. The fraction of sp³-hybridized carbons (Fsp3) is 0.143. The van der Waals surface area contributed by atoms with Crippen molar-refractivity contribution in [1.29, 1.82) is 0 Å². The van der Waals surface area contributed by atoms with Crippen LogP contribution in [0.2, 0.25) is 0 Å². The van der Waals surface area contributed by atoms with Crippen LogP contribution in [0.1, 0.15) is 0 Å². The molecule has 1 N–H and O–H groups in total. The molecular weight excluding hydrogens is 136 g/mol. The van der Waals surface area contributed by atoms with Gasteiger partial charge >= 0.3 is 0 Å². The molecule has 0 heterocycles. The van der Waals surface area contributed by atoms with Crippen molar-refractivity contribution in [1.82, 2.24) is 0 Å². The number of halogens is 1. The molecule has 2 heteroatoms. The Labute approximate surface area is 61.0 Å². The minimum atomic E-state index is 0.0196. The van der Waals surface area contributed by atoms with Gasteiger partial charge in [0.1, 0.15) is 0 Å². The van der Waals surface area contributed by atoms with Gasteiger partial charge in [-0.15, -0.1) is 13.2 Å². The molecule has 0 radical (unpaired) electrons. The van der Waals surface area contributed by atoms with E-state index in [1.165, 1.54) is 6.08 Å². The Kier molecular flexibility index (Phi) is 13.1. The maximum absolute atomic E-state index is 8.13. The normalized spacial score (nSPS) is 8.22. The van der Waals surface area contributed by atoms with Gasteiger partial charge in [0.15, 0.2) is 0 Å². The van der Waals surface area contributed by atoms with Crippen molar-refractivity contribution in [3.05, 3.63) is 36.9 Å². The van der Waals surface area contributed by atoms with Crippen molar-refractivity contribution in [2.45, 2.75) is 0 Å². The summed E-state index contributed by atoms with van der Waals surface area (Å²) in [5, 5.41) is 8.57. The molecule has 0 unspecified atom stereocenters. The van der Waals surface area contributed by atoms with Gasteiger partial charge in [0.25, 0.3) is 0 Å². The first-order chi connectivity index (χ1) is 4.27. The first kappa shape index (κ1) is 11.3. The molecule has 9 heavy (non-hydrogen) atoms. The first-order valence-corrected chi connectivity index (χ1v) is 2.77. The number of hydrogen-bond donors (Lipinski definition) is 1. The molecular formula is C7H11ClO. The summed E-state index contributed by atoms with van der Waals surface area (Å²) < 4.78 is 0. The first-order valence-electron chi connectivity index (χ1n) is 2.39. The fourth-order valence-electron chi connectivity index (χ4n) is 0.181. The minimum absolute atomic E-state index is 0.0196. The van der Waals surface area contributed by atoms with Crippen molar-refractivity contribution in [3.63, 3.8) is 0 Å². The third-order valence-corrected chi connectivity index (χ3v) is 0.530. The summed E-state index contributed by atoms with van der Waals surface area (Å²) in [7, 11) is 0. The Hall–Kier alpha value is -0.530. The van der Waals surface area contributed by atoms with Gasteiger partial charge in [0.05, 0.1) is 6.61 Å². The SMILES string of the molecule is C=C.C=C(Cl)/C=C\CO. The molecule has 0 aliphatic carbocycles. The summed E-state index contributed by atoms with van der Waals surface area (Å²) in [6.07, 6.45) is 3.07. The van der Waals surface area contributed by atoms with Gasteiger partial charge in [-0.25, -0.2) is 0 Å². The lowest BCUT2D eigenvalue weighted by Crippen LogP contribution is -1.68. The van der Waals surface area contributed by atoms with Gasteiger partial charge in [-0.05, 0) is 6.08 Å². The molecule has 0 spiro atoms. The number of rotatable bonds is 2. The van der Waals surface area contributed by atoms with Crippen LogP contribution in [0.25, 0.3) is 0 Å². The fourth-order valence-corrected chi connectivity index (χ4v) is 0.270. The molecule has 0 rings (SSSR count). The van der Waals surface area contributed by atoms with Gasteiger partial charge < -0.3 is 5.11 Å². The predicted molar refractivity (Wildman–Crippen MR) is 42.5 cm³/mol. The second-order valence-electron chi connectivity index (χ2n) is 1.03. The average Bonchev–Trinajstić information content (AvgIpc) is 1.88. The summed E-state index contributed by atoms with van der Waals surface area (Å²) in [4.78, 5) is 0. The zero-order valence-electron chi connectivity index (χ0n) is 5.31. The van der Waals surface area contributed by atoms with Crippen molar-refractivity contribution < 1.29 is 5.11 Å². The maximum atomic E-state index is 8.13. The smallest absolute Gasteiger partial charge is 0.0615 e. The second-order valence-corrected chi connectivity index (χ2v) is 1.52. The molecule has 0 aromatic carbocycles. The van der Waals surface area contributed by atoms with Crippen molar-refractivity contribution >= 4 is 11.6 Å².